The third kappa shape index (κ3) is 2.59. The van der Waals surface area contributed by atoms with E-state index < -0.39 is 5.60 Å². The average Bonchev–Trinajstić information content (AvgIpc) is 2.90. The van der Waals surface area contributed by atoms with Gasteiger partial charge in [-0.15, -0.1) is 0 Å². The van der Waals surface area contributed by atoms with Crippen molar-refractivity contribution >= 4 is 0 Å². The molecule has 1 unspecified atom stereocenters. The van der Waals surface area contributed by atoms with Gasteiger partial charge in [0.25, 0.3) is 0 Å². The van der Waals surface area contributed by atoms with E-state index in [2.05, 4.69) is 24.3 Å². The fourth-order valence-electron chi connectivity index (χ4n) is 3.11. The molecule has 0 saturated carbocycles. The second-order valence-electron chi connectivity index (χ2n) is 5.48. The van der Waals surface area contributed by atoms with Gasteiger partial charge >= 0.3 is 0 Å². The second-order valence-corrected chi connectivity index (χ2v) is 5.48. The Morgan fingerprint density at radius 2 is 2.00 bits per heavy atom. The van der Waals surface area contributed by atoms with Crippen LogP contribution in [0.5, 0.6) is 0 Å². The monoisotopic (exact) mass is 256 g/mol. The fourth-order valence-corrected chi connectivity index (χ4v) is 3.11. The minimum absolute atomic E-state index is 0.671. The van der Waals surface area contributed by atoms with Crippen molar-refractivity contribution in [1.29, 1.82) is 0 Å². The van der Waals surface area contributed by atoms with E-state index in [4.69, 9.17) is 4.42 Å². The summed E-state index contributed by atoms with van der Waals surface area (Å²) in [5.41, 5.74) is 1.69. The molecule has 1 atom stereocenters. The molecular formula is C17H20O2. The number of furan rings is 1. The van der Waals surface area contributed by atoms with E-state index in [-0.39, 0.29) is 0 Å². The molecule has 0 aliphatic heterocycles. The molecule has 100 valence electrons. The van der Waals surface area contributed by atoms with E-state index in [1.54, 1.807) is 6.26 Å². The zero-order valence-electron chi connectivity index (χ0n) is 11.1. The van der Waals surface area contributed by atoms with Crippen LogP contribution in [0.1, 0.15) is 42.6 Å². The van der Waals surface area contributed by atoms with Crippen LogP contribution >= 0.6 is 0 Å². The van der Waals surface area contributed by atoms with Gasteiger partial charge in [-0.3, -0.25) is 0 Å². The van der Waals surface area contributed by atoms with Crippen LogP contribution in [0.4, 0.5) is 0 Å². The Hall–Kier alpha value is -1.54. The first-order valence-electron chi connectivity index (χ1n) is 7.11. The van der Waals surface area contributed by atoms with Crippen LogP contribution < -0.4 is 0 Å². The molecular weight excluding hydrogens is 236 g/mol. The van der Waals surface area contributed by atoms with Crippen molar-refractivity contribution in [3.63, 3.8) is 0 Å². The molecule has 1 aromatic carbocycles. The van der Waals surface area contributed by atoms with Gasteiger partial charge in [0.05, 0.1) is 11.9 Å². The molecule has 0 bridgehead atoms. The molecule has 19 heavy (non-hydrogen) atoms. The van der Waals surface area contributed by atoms with Gasteiger partial charge in [0, 0.05) is 12.0 Å². The van der Waals surface area contributed by atoms with E-state index >= 15 is 0 Å². The van der Waals surface area contributed by atoms with Gasteiger partial charge in [-0.25, -0.2) is 0 Å². The van der Waals surface area contributed by atoms with Gasteiger partial charge < -0.3 is 9.52 Å². The molecule has 1 aliphatic rings. The predicted octanol–water partition coefficient (Wildman–Crippen LogP) is 3.83. The summed E-state index contributed by atoms with van der Waals surface area (Å²) in [5, 5.41) is 10.8. The third-order valence-electron chi connectivity index (χ3n) is 4.14. The van der Waals surface area contributed by atoms with Crippen molar-refractivity contribution in [3.05, 3.63) is 59.5 Å². The van der Waals surface area contributed by atoms with E-state index in [0.717, 1.165) is 49.8 Å². The van der Waals surface area contributed by atoms with Crippen molar-refractivity contribution in [1.82, 2.24) is 0 Å². The van der Waals surface area contributed by atoms with Crippen LogP contribution in [0.2, 0.25) is 0 Å². The maximum absolute atomic E-state index is 10.8. The van der Waals surface area contributed by atoms with Crippen molar-refractivity contribution in [2.45, 2.75) is 44.1 Å². The lowest BCUT2D eigenvalue weighted by Crippen LogP contribution is -2.29. The molecule has 1 aliphatic carbocycles. The Morgan fingerprint density at radius 3 is 2.84 bits per heavy atom. The molecule has 1 heterocycles. The number of rotatable bonds is 4. The maximum Gasteiger partial charge on any atom is 0.109 e. The lowest BCUT2D eigenvalue weighted by Gasteiger charge is -2.31. The van der Waals surface area contributed by atoms with Crippen LogP contribution in [0.25, 0.3) is 0 Å². The smallest absolute Gasteiger partial charge is 0.109 e. The predicted molar refractivity (Wildman–Crippen MR) is 74.9 cm³/mol. The van der Waals surface area contributed by atoms with Gasteiger partial charge in [-0.2, -0.15) is 0 Å². The van der Waals surface area contributed by atoms with Gasteiger partial charge in [0.1, 0.15) is 5.76 Å². The Kier molecular flexibility index (Phi) is 3.43. The van der Waals surface area contributed by atoms with Crippen LogP contribution in [-0.2, 0) is 18.4 Å². The van der Waals surface area contributed by atoms with Crippen LogP contribution in [0.15, 0.2) is 47.1 Å². The molecule has 2 aromatic rings. The minimum Gasteiger partial charge on any atom is -0.469 e. The van der Waals surface area contributed by atoms with Crippen LogP contribution in [0.3, 0.4) is 0 Å². The van der Waals surface area contributed by atoms with Crippen molar-refractivity contribution < 1.29 is 9.52 Å². The number of hydrogen-bond donors (Lipinski definition) is 1. The summed E-state index contributed by atoms with van der Waals surface area (Å²) in [6.07, 6.45) is 7.38. The quantitative estimate of drug-likeness (QED) is 0.902. The number of hydrogen-bond acceptors (Lipinski definition) is 2. The topological polar surface area (TPSA) is 33.4 Å². The van der Waals surface area contributed by atoms with Gasteiger partial charge in [-0.05, 0) is 43.7 Å². The van der Waals surface area contributed by atoms with Gasteiger partial charge in [0.2, 0.25) is 0 Å². The first-order chi connectivity index (χ1) is 9.28. The van der Waals surface area contributed by atoms with E-state index in [1.165, 1.54) is 5.56 Å². The molecule has 1 N–H and O–H groups in total. The van der Waals surface area contributed by atoms with Gasteiger partial charge in [-0.1, -0.05) is 30.3 Å². The highest BCUT2D eigenvalue weighted by Gasteiger charge is 2.35. The van der Waals surface area contributed by atoms with Crippen LogP contribution in [0, 0.1) is 0 Å². The first-order valence-corrected chi connectivity index (χ1v) is 7.11. The molecule has 2 heteroatoms. The molecule has 0 spiro atoms. The Morgan fingerprint density at radius 1 is 1.16 bits per heavy atom. The first kappa shape index (κ1) is 12.5. The van der Waals surface area contributed by atoms with Gasteiger partial charge in [0.15, 0.2) is 0 Å². The fraction of sp³-hybridized carbons (Fsp3) is 0.412. The molecule has 2 nitrogen and oxygen atoms in total. The maximum atomic E-state index is 10.8. The molecule has 0 fully saturated rings. The van der Waals surface area contributed by atoms with Crippen molar-refractivity contribution in [3.8, 4) is 0 Å². The molecule has 0 saturated heterocycles. The molecule has 1 aromatic heterocycles. The molecule has 0 amide bonds. The van der Waals surface area contributed by atoms with Crippen molar-refractivity contribution in [2.75, 3.05) is 0 Å². The zero-order valence-corrected chi connectivity index (χ0v) is 11.1. The summed E-state index contributed by atoms with van der Waals surface area (Å²) in [5.74, 6) is 0.980. The SMILES string of the molecule is OC1(CCCc2ccccc2)CCCc2occc21. The Bertz CT molecular complexity index is 529. The highest BCUT2D eigenvalue weighted by molar-refractivity contribution is 5.27. The Balaban J connectivity index is 1.64. The number of aryl methyl sites for hydroxylation is 2. The normalized spacial score (nSPS) is 22.2. The van der Waals surface area contributed by atoms with Crippen LogP contribution in [-0.4, -0.2) is 5.11 Å². The number of benzene rings is 1. The third-order valence-corrected chi connectivity index (χ3v) is 4.14. The number of aliphatic hydroxyl groups is 1. The Labute approximate surface area is 114 Å². The lowest BCUT2D eigenvalue weighted by atomic mass is 9.79. The van der Waals surface area contributed by atoms with E-state index in [0.29, 0.717) is 0 Å². The summed E-state index contributed by atoms with van der Waals surface area (Å²) in [6.45, 7) is 0. The molecule has 0 radical (unpaired) electrons. The summed E-state index contributed by atoms with van der Waals surface area (Å²) >= 11 is 0. The largest absolute Gasteiger partial charge is 0.469 e. The summed E-state index contributed by atoms with van der Waals surface area (Å²) < 4.78 is 5.46. The molecule has 3 rings (SSSR count). The summed E-state index contributed by atoms with van der Waals surface area (Å²) in [4.78, 5) is 0. The summed E-state index contributed by atoms with van der Waals surface area (Å²) in [7, 11) is 0. The highest BCUT2D eigenvalue weighted by atomic mass is 16.3. The van der Waals surface area contributed by atoms with Crippen molar-refractivity contribution in [2.24, 2.45) is 0 Å². The lowest BCUT2D eigenvalue weighted by molar-refractivity contribution is 0.00621. The standard InChI is InChI=1S/C17H20O2/c18-17(11-4-8-14-6-2-1-3-7-14)12-5-9-16-15(17)10-13-19-16/h1-3,6-7,10,13,18H,4-5,8-9,11-12H2. The van der Waals surface area contributed by atoms with E-state index in [1.807, 2.05) is 12.1 Å². The van der Waals surface area contributed by atoms with E-state index in [9.17, 15) is 5.11 Å². The summed E-state index contributed by atoms with van der Waals surface area (Å²) in [6, 6.07) is 12.4. The minimum atomic E-state index is -0.671. The average molecular weight is 256 g/mol. The second kappa shape index (κ2) is 5.22. The number of fused-ring (bicyclic) bond motifs is 1. The highest BCUT2D eigenvalue weighted by Crippen LogP contribution is 2.39. The zero-order chi connectivity index (χ0) is 13.1.